The molecule has 0 saturated heterocycles. The van der Waals surface area contributed by atoms with E-state index in [1.54, 1.807) is 6.20 Å². The molecular formula is C15H11FN2O3S. The molecule has 0 atom stereocenters. The second-order valence-electron chi connectivity index (χ2n) is 4.67. The standard InChI is InChI=1S/C15H11FN2O3S/c1-9-7-18-13(19)6-12(17-15(18)22-9)8-21-14(20)10-3-2-4-11(16)5-10/h2-7H,8H2,1H3. The summed E-state index contributed by atoms with van der Waals surface area (Å²) in [5, 5.41) is 0. The second-order valence-corrected chi connectivity index (χ2v) is 5.88. The summed E-state index contributed by atoms with van der Waals surface area (Å²) in [5.41, 5.74) is 0.243. The van der Waals surface area contributed by atoms with Gasteiger partial charge in [-0.1, -0.05) is 6.07 Å². The predicted molar refractivity (Wildman–Crippen MR) is 79.6 cm³/mol. The van der Waals surface area contributed by atoms with Gasteiger partial charge in [-0.25, -0.2) is 14.2 Å². The first-order valence-corrected chi connectivity index (χ1v) is 7.26. The van der Waals surface area contributed by atoms with Crippen molar-refractivity contribution in [3.63, 3.8) is 0 Å². The Kier molecular flexibility index (Phi) is 3.72. The predicted octanol–water partition coefficient (Wildman–Crippen LogP) is 2.56. The van der Waals surface area contributed by atoms with Gasteiger partial charge in [0.05, 0.1) is 11.3 Å². The first-order chi connectivity index (χ1) is 10.5. The monoisotopic (exact) mass is 318 g/mol. The molecule has 22 heavy (non-hydrogen) atoms. The van der Waals surface area contributed by atoms with Crippen LogP contribution < -0.4 is 5.56 Å². The summed E-state index contributed by atoms with van der Waals surface area (Å²) in [6.45, 7) is 1.74. The van der Waals surface area contributed by atoms with Crippen LogP contribution in [0.2, 0.25) is 0 Å². The number of hydrogen-bond donors (Lipinski definition) is 0. The first kappa shape index (κ1) is 14.4. The summed E-state index contributed by atoms with van der Waals surface area (Å²) >= 11 is 1.37. The second kappa shape index (κ2) is 5.69. The zero-order valence-electron chi connectivity index (χ0n) is 11.6. The molecule has 2 aromatic heterocycles. The molecule has 112 valence electrons. The molecule has 5 nitrogen and oxygen atoms in total. The fraction of sp³-hybridized carbons (Fsp3) is 0.133. The topological polar surface area (TPSA) is 60.7 Å². The lowest BCUT2D eigenvalue weighted by molar-refractivity contribution is 0.0467. The molecule has 0 fully saturated rings. The van der Waals surface area contributed by atoms with E-state index in [-0.39, 0.29) is 17.7 Å². The van der Waals surface area contributed by atoms with E-state index in [0.717, 1.165) is 10.9 Å². The average Bonchev–Trinajstić information content (AvgIpc) is 2.86. The number of carbonyl (C=O) groups is 1. The highest BCUT2D eigenvalue weighted by atomic mass is 32.1. The van der Waals surface area contributed by atoms with E-state index in [1.807, 2.05) is 6.92 Å². The van der Waals surface area contributed by atoms with Crippen LogP contribution in [-0.2, 0) is 11.3 Å². The maximum atomic E-state index is 13.1. The number of esters is 1. The summed E-state index contributed by atoms with van der Waals surface area (Å²) in [6.07, 6.45) is 1.71. The number of rotatable bonds is 3. The number of aromatic nitrogens is 2. The number of benzene rings is 1. The fourth-order valence-electron chi connectivity index (χ4n) is 1.97. The molecule has 0 N–H and O–H groups in total. The van der Waals surface area contributed by atoms with Gasteiger partial charge < -0.3 is 4.74 Å². The Balaban J connectivity index is 1.79. The van der Waals surface area contributed by atoms with Crippen molar-refractivity contribution in [2.45, 2.75) is 13.5 Å². The first-order valence-electron chi connectivity index (χ1n) is 6.44. The summed E-state index contributed by atoms with van der Waals surface area (Å²) < 4.78 is 19.6. The molecule has 0 aliphatic carbocycles. The van der Waals surface area contributed by atoms with Crippen molar-refractivity contribution in [2.24, 2.45) is 0 Å². The van der Waals surface area contributed by atoms with Crippen LogP contribution in [0.3, 0.4) is 0 Å². The molecule has 3 rings (SSSR count). The van der Waals surface area contributed by atoms with Crippen LogP contribution in [0.5, 0.6) is 0 Å². The number of halogens is 1. The van der Waals surface area contributed by atoms with Crippen molar-refractivity contribution in [1.82, 2.24) is 9.38 Å². The van der Waals surface area contributed by atoms with Gasteiger partial charge in [0.25, 0.3) is 5.56 Å². The lowest BCUT2D eigenvalue weighted by atomic mass is 10.2. The maximum Gasteiger partial charge on any atom is 0.338 e. The molecule has 0 aliphatic heterocycles. The minimum atomic E-state index is -0.663. The lowest BCUT2D eigenvalue weighted by Gasteiger charge is -2.04. The number of hydrogen-bond acceptors (Lipinski definition) is 5. The molecule has 0 bridgehead atoms. The van der Waals surface area contributed by atoms with E-state index in [4.69, 9.17) is 4.74 Å². The molecule has 3 aromatic rings. The fourth-order valence-corrected chi connectivity index (χ4v) is 2.82. The number of carbonyl (C=O) groups excluding carboxylic acids is 1. The van der Waals surface area contributed by atoms with Crippen LogP contribution in [0, 0.1) is 12.7 Å². The lowest BCUT2D eigenvalue weighted by Crippen LogP contribution is -2.14. The zero-order valence-corrected chi connectivity index (χ0v) is 12.4. The summed E-state index contributed by atoms with van der Waals surface area (Å²) in [6, 6.07) is 6.54. The van der Waals surface area contributed by atoms with E-state index in [9.17, 15) is 14.0 Å². The Hall–Kier alpha value is -2.54. The number of fused-ring (bicyclic) bond motifs is 1. The van der Waals surface area contributed by atoms with E-state index in [2.05, 4.69) is 4.98 Å². The Bertz CT molecular complexity index is 917. The number of nitrogens with zero attached hydrogens (tertiary/aromatic N) is 2. The molecule has 0 unspecified atom stereocenters. The summed E-state index contributed by atoms with van der Waals surface area (Å²) in [5.74, 6) is -1.18. The largest absolute Gasteiger partial charge is 0.456 e. The van der Waals surface area contributed by atoms with Crippen LogP contribution >= 0.6 is 11.3 Å². The van der Waals surface area contributed by atoms with Gasteiger partial charge in [0, 0.05) is 17.1 Å². The van der Waals surface area contributed by atoms with Gasteiger partial charge in [0.2, 0.25) is 0 Å². The van der Waals surface area contributed by atoms with Crippen LogP contribution in [0.4, 0.5) is 4.39 Å². The summed E-state index contributed by atoms with van der Waals surface area (Å²) in [4.78, 5) is 29.5. The molecular weight excluding hydrogens is 307 g/mol. The Labute approximate surface area is 128 Å². The highest BCUT2D eigenvalue weighted by molar-refractivity contribution is 7.16. The minimum absolute atomic E-state index is 0.116. The Morgan fingerprint density at radius 2 is 2.23 bits per heavy atom. The quantitative estimate of drug-likeness (QED) is 0.696. The van der Waals surface area contributed by atoms with Crippen molar-refractivity contribution >= 4 is 22.3 Å². The van der Waals surface area contributed by atoms with Crippen LogP contribution in [-0.4, -0.2) is 15.4 Å². The highest BCUT2D eigenvalue weighted by Gasteiger charge is 2.10. The van der Waals surface area contributed by atoms with Crippen molar-refractivity contribution in [2.75, 3.05) is 0 Å². The Morgan fingerprint density at radius 1 is 1.41 bits per heavy atom. The van der Waals surface area contributed by atoms with Gasteiger partial charge >= 0.3 is 5.97 Å². The normalized spacial score (nSPS) is 10.8. The molecule has 2 heterocycles. The minimum Gasteiger partial charge on any atom is -0.456 e. The van der Waals surface area contributed by atoms with Crippen molar-refractivity contribution in [3.05, 3.63) is 68.8 Å². The van der Waals surface area contributed by atoms with Crippen molar-refractivity contribution in [3.8, 4) is 0 Å². The third kappa shape index (κ3) is 2.89. The SMILES string of the molecule is Cc1cn2c(=O)cc(COC(=O)c3cccc(F)c3)nc2s1. The van der Waals surface area contributed by atoms with E-state index >= 15 is 0 Å². The highest BCUT2D eigenvalue weighted by Crippen LogP contribution is 2.13. The molecule has 0 amide bonds. The molecule has 7 heteroatoms. The van der Waals surface area contributed by atoms with Crippen LogP contribution in [0.1, 0.15) is 20.9 Å². The van der Waals surface area contributed by atoms with Gasteiger partial charge in [-0.15, -0.1) is 11.3 Å². The van der Waals surface area contributed by atoms with Gasteiger partial charge in [0.1, 0.15) is 12.4 Å². The van der Waals surface area contributed by atoms with E-state index < -0.39 is 11.8 Å². The molecule has 0 spiro atoms. The van der Waals surface area contributed by atoms with Gasteiger partial charge in [-0.05, 0) is 25.1 Å². The third-order valence-corrected chi connectivity index (χ3v) is 3.85. The number of ether oxygens (including phenoxy) is 1. The smallest absolute Gasteiger partial charge is 0.338 e. The van der Waals surface area contributed by atoms with Gasteiger partial charge in [-0.3, -0.25) is 9.20 Å². The Morgan fingerprint density at radius 3 is 3.00 bits per heavy atom. The van der Waals surface area contributed by atoms with Gasteiger partial charge in [0.15, 0.2) is 4.96 Å². The van der Waals surface area contributed by atoms with E-state index in [0.29, 0.717) is 10.7 Å². The summed E-state index contributed by atoms with van der Waals surface area (Å²) in [7, 11) is 0. The van der Waals surface area contributed by atoms with Crippen LogP contribution in [0.25, 0.3) is 4.96 Å². The molecule has 0 saturated carbocycles. The van der Waals surface area contributed by atoms with Gasteiger partial charge in [-0.2, -0.15) is 0 Å². The maximum absolute atomic E-state index is 13.1. The molecule has 0 aliphatic rings. The zero-order chi connectivity index (χ0) is 15.7. The molecule has 0 radical (unpaired) electrons. The van der Waals surface area contributed by atoms with Crippen LogP contribution in [0.15, 0.2) is 41.3 Å². The number of aryl methyl sites for hydroxylation is 1. The van der Waals surface area contributed by atoms with Crippen molar-refractivity contribution < 1.29 is 13.9 Å². The molecule has 1 aromatic carbocycles. The third-order valence-electron chi connectivity index (χ3n) is 2.95. The van der Waals surface area contributed by atoms with Crippen molar-refractivity contribution in [1.29, 1.82) is 0 Å². The average molecular weight is 318 g/mol. The van der Waals surface area contributed by atoms with E-state index in [1.165, 1.54) is 40.0 Å². The number of thiazole rings is 1.